The van der Waals surface area contributed by atoms with Gasteiger partial charge >= 0.3 is 0 Å². The quantitative estimate of drug-likeness (QED) is 0.647. The Bertz CT molecular complexity index is 462. The maximum Gasteiger partial charge on any atom is 0.257 e. The van der Waals surface area contributed by atoms with Gasteiger partial charge in [0.05, 0.1) is 0 Å². The number of aryl methyl sites for hydroxylation is 1. The van der Waals surface area contributed by atoms with Crippen LogP contribution in [0, 0.1) is 5.92 Å². The highest BCUT2D eigenvalue weighted by molar-refractivity contribution is 9.10. The monoisotopic (exact) mass is 369 g/mol. The van der Waals surface area contributed by atoms with Gasteiger partial charge < -0.3 is 10.1 Å². The number of nitrogens with one attached hydrogen (secondary N) is 1. The minimum atomic E-state index is -0.0417. The van der Waals surface area contributed by atoms with Crippen LogP contribution in [-0.2, 0) is 11.2 Å². The summed E-state index contributed by atoms with van der Waals surface area (Å²) in [4.78, 5) is 11.9. The van der Waals surface area contributed by atoms with E-state index in [1.54, 1.807) is 0 Å². The fourth-order valence-corrected chi connectivity index (χ4v) is 2.77. The molecule has 1 aromatic rings. The predicted molar refractivity (Wildman–Crippen MR) is 95.3 cm³/mol. The molecule has 0 radical (unpaired) electrons. The molecule has 1 unspecified atom stereocenters. The highest BCUT2D eigenvalue weighted by atomic mass is 79.9. The number of benzene rings is 1. The van der Waals surface area contributed by atoms with Crippen molar-refractivity contribution in [3.05, 3.63) is 28.2 Å². The van der Waals surface area contributed by atoms with Crippen LogP contribution in [0.1, 0.15) is 52.0 Å². The minimum Gasteiger partial charge on any atom is -0.483 e. The van der Waals surface area contributed by atoms with E-state index >= 15 is 0 Å². The zero-order valence-electron chi connectivity index (χ0n) is 14.0. The molecule has 22 heavy (non-hydrogen) atoms. The van der Waals surface area contributed by atoms with Crippen LogP contribution in [-0.4, -0.2) is 19.1 Å². The third kappa shape index (κ3) is 6.82. The fourth-order valence-electron chi connectivity index (χ4n) is 2.36. The van der Waals surface area contributed by atoms with E-state index in [2.05, 4.69) is 42.0 Å². The van der Waals surface area contributed by atoms with Crippen molar-refractivity contribution in [1.82, 2.24) is 5.32 Å². The van der Waals surface area contributed by atoms with E-state index in [4.69, 9.17) is 4.74 Å². The second kappa shape index (κ2) is 10.7. The molecule has 1 atom stereocenters. The first kappa shape index (κ1) is 19.0. The lowest BCUT2D eigenvalue weighted by atomic mass is 9.99. The van der Waals surface area contributed by atoms with Gasteiger partial charge in [0.15, 0.2) is 6.61 Å². The van der Waals surface area contributed by atoms with Crippen LogP contribution in [0.4, 0.5) is 0 Å². The lowest BCUT2D eigenvalue weighted by Gasteiger charge is -2.16. The van der Waals surface area contributed by atoms with Gasteiger partial charge in [-0.1, -0.05) is 56.0 Å². The number of hydrogen-bond acceptors (Lipinski definition) is 2. The summed E-state index contributed by atoms with van der Waals surface area (Å²) >= 11 is 3.45. The maximum atomic E-state index is 11.9. The third-order valence-corrected chi connectivity index (χ3v) is 4.39. The molecule has 124 valence electrons. The van der Waals surface area contributed by atoms with E-state index in [1.165, 1.54) is 19.3 Å². The normalized spacial score (nSPS) is 12.0. The van der Waals surface area contributed by atoms with Crippen LogP contribution in [0.2, 0.25) is 0 Å². The van der Waals surface area contributed by atoms with Crippen LogP contribution in [0.15, 0.2) is 22.7 Å². The molecule has 0 saturated carbocycles. The molecule has 1 rings (SSSR count). The van der Waals surface area contributed by atoms with Crippen molar-refractivity contribution in [1.29, 1.82) is 0 Å². The van der Waals surface area contributed by atoms with Gasteiger partial charge in [0.1, 0.15) is 5.75 Å². The van der Waals surface area contributed by atoms with E-state index in [0.717, 1.165) is 35.2 Å². The van der Waals surface area contributed by atoms with Gasteiger partial charge in [-0.15, -0.1) is 0 Å². The standard InChI is InChI=1S/C18H28BrNO2/c1-4-7-8-14(5-2)12-20-18(21)13-22-17-10-9-16(19)11-15(17)6-3/h9-11,14H,4-8,12-13H2,1-3H3,(H,20,21). The van der Waals surface area contributed by atoms with Crippen LogP contribution in [0.25, 0.3) is 0 Å². The Morgan fingerprint density at radius 3 is 2.73 bits per heavy atom. The summed E-state index contributed by atoms with van der Waals surface area (Å²) in [6.45, 7) is 7.29. The lowest BCUT2D eigenvalue weighted by Crippen LogP contribution is -2.33. The molecular formula is C18H28BrNO2. The lowest BCUT2D eigenvalue weighted by molar-refractivity contribution is -0.123. The zero-order chi connectivity index (χ0) is 16.4. The average Bonchev–Trinajstić information content (AvgIpc) is 2.53. The first-order valence-electron chi connectivity index (χ1n) is 8.28. The van der Waals surface area contributed by atoms with Crippen molar-refractivity contribution in [2.24, 2.45) is 5.92 Å². The van der Waals surface area contributed by atoms with Crippen molar-refractivity contribution >= 4 is 21.8 Å². The van der Waals surface area contributed by atoms with Gasteiger partial charge in [-0.3, -0.25) is 4.79 Å². The molecule has 0 fully saturated rings. The van der Waals surface area contributed by atoms with Gasteiger partial charge in [-0.05, 0) is 42.5 Å². The van der Waals surface area contributed by atoms with E-state index in [0.29, 0.717) is 5.92 Å². The number of carbonyl (C=O) groups excluding carboxylic acids is 1. The molecule has 1 aromatic carbocycles. The fraction of sp³-hybridized carbons (Fsp3) is 0.611. The van der Waals surface area contributed by atoms with Gasteiger partial charge in [0, 0.05) is 11.0 Å². The van der Waals surface area contributed by atoms with Gasteiger partial charge in [0.2, 0.25) is 0 Å². The SMILES string of the molecule is CCCCC(CC)CNC(=O)COc1ccc(Br)cc1CC. The molecule has 0 heterocycles. The molecule has 3 nitrogen and oxygen atoms in total. The van der Waals surface area contributed by atoms with Crippen molar-refractivity contribution in [2.75, 3.05) is 13.2 Å². The maximum absolute atomic E-state index is 11.9. The molecule has 1 amide bonds. The number of rotatable bonds is 10. The molecule has 0 aromatic heterocycles. The predicted octanol–water partition coefficient (Wildman–Crippen LogP) is 4.72. The first-order valence-corrected chi connectivity index (χ1v) is 9.07. The number of hydrogen-bond donors (Lipinski definition) is 1. The Balaban J connectivity index is 2.39. The van der Waals surface area contributed by atoms with Crippen LogP contribution < -0.4 is 10.1 Å². The topological polar surface area (TPSA) is 38.3 Å². The summed E-state index contributed by atoms with van der Waals surface area (Å²) in [7, 11) is 0. The number of ether oxygens (including phenoxy) is 1. The van der Waals surface area contributed by atoms with Crippen molar-refractivity contribution in [3.63, 3.8) is 0 Å². The summed E-state index contributed by atoms with van der Waals surface area (Å²) in [6.07, 6.45) is 5.60. The second-order valence-electron chi connectivity index (χ2n) is 5.61. The molecule has 0 aliphatic carbocycles. The van der Waals surface area contributed by atoms with Crippen LogP contribution >= 0.6 is 15.9 Å². The average molecular weight is 370 g/mol. The Morgan fingerprint density at radius 1 is 1.32 bits per heavy atom. The smallest absolute Gasteiger partial charge is 0.257 e. The van der Waals surface area contributed by atoms with Crippen molar-refractivity contribution < 1.29 is 9.53 Å². The van der Waals surface area contributed by atoms with Gasteiger partial charge in [-0.25, -0.2) is 0 Å². The molecular weight excluding hydrogens is 342 g/mol. The van der Waals surface area contributed by atoms with Crippen LogP contribution in [0.3, 0.4) is 0 Å². The van der Waals surface area contributed by atoms with Crippen molar-refractivity contribution in [2.45, 2.75) is 52.9 Å². The largest absolute Gasteiger partial charge is 0.483 e. The molecule has 0 spiro atoms. The summed E-state index contributed by atoms with van der Waals surface area (Å²) in [5.74, 6) is 1.32. The minimum absolute atomic E-state index is 0.0417. The molecule has 0 aliphatic heterocycles. The molecule has 1 N–H and O–H groups in total. The van der Waals surface area contributed by atoms with Crippen molar-refractivity contribution in [3.8, 4) is 5.75 Å². The number of carbonyl (C=O) groups is 1. The number of halogens is 1. The molecule has 0 bridgehead atoms. The second-order valence-corrected chi connectivity index (χ2v) is 6.53. The van der Waals surface area contributed by atoms with Crippen LogP contribution in [0.5, 0.6) is 5.75 Å². The van der Waals surface area contributed by atoms with Gasteiger partial charge in [0.25, 0.3) is 5.91 Å². The Labute approximate surface area is 143 Å². The number of amides is 1. The molecule has 0 saturated heterocycles. The van der Waals surface area contributed by atoms with Gasteiger partial charge in [-0.2, -0.15) is 0 Å². The van der Waals surface area contributed by atoms with E-state index < -0.39 is 0 Å². The number of unbranched alkanes of at least 4 members (excludes halogenated alkanes) is 1. The Hall–Kier alpha value is -1.03. The summed E-state index contributed by atoms with van der Waals surface area (Å²) in [5.41, 5.74) is 1.11. The highest BCUT2D eigenvalue weighted by Gasteiger charge is 2.10. The third-order valence-electron chi connectivity index (χ3n) is 3.89. The summed E-state index contributed by atoms with van der Waals surface area (Å²) < 4.78 is 6.69. The molecule has 4 heteroatoms. The summed E-state index contributed by atoms with van der Waals surface area (Å²) in [6, 6.07) is 5.88. The molecule has 0 aliphatic rings. The first-order chi connectivity index (χ1) is 10.6. The zero-order valence-corrected chi connectivity index (χ0v) is 15.5. The Morgan fingerprint density at radius 2 is 2.09 bits per heavy atom. The Kier molecular flexibility index (Phi) is 9.21. The highest BCUT2D eigenvalue weighted by Crippen LogP contribution is 2.23. The van der Waals surface area contributed by atoms with E-state index in [-0.39, 0.29) is 12.5 Å². The van der Waals surface area contributed by atoms with E-state index in [9.17, 15) is 4.79 Å². The summed E-state index contributed by atoms with van der Waals surface area (Å²) in [5, 5.41) is 2.99. The van der Waals surface area contributed by atoms with E-state index in [1.807, 2.05) is 18.2 Å².